The topological polar surface area (TPSA) is 60.5 Å². The second kappa shape index (κ2) is 8.61. The van der Waals surface area contributed by atoms with Crippen LogP contribution in [-0.4, -0.2) is 55.1 Å². The van der Waals surface area contributed by atoms with Crippen LogP contribution in [0, 0.1) is 0 Å². The third-order valence-electron chi connectivity index (χ3n) is 5.73. The van der Waals surface area contributed by atoms with Gasteiger partial charge in [-0.2, -0.15) is 0 Å². The Labute approximate surface area is 166 Å². The van der Waals surface area contributed by atoms with Crippen molar-refractivity contribution in [2.24, 2.45) is 0 Å². The zero-order chi connectivity index (χ0) is 19.3. The van der Waals surface area contributed by atoms with Gasteiger partial charge in [-0.3, -0.25) is 4.79 Å². The van der Waals surface area contributed by atoms with Gasteiger partial charge in [-0.1, -0.05) is 12.8 Å². The first-order valence-electron chi connectivity index (χ1n) is 10.2. The zero-order valence-electron chi connectivity index (χ0n) is 16.5. The van der Waals surface area contributed by atoms with Crippen molar-refractivity contribution >= 4 is 23.1 Å². The van der Waals surface area contributed by atoms with Crippen molar-refractivity contribution in [1.29, 1.82) is 0 Å². The van der Waals surface area contributed by atoms with Gasteiger partial charge in [-0.05, 0) is 56.3 Å². The lowest BCUT2D eigenvalue weighted by atomic mass is 10.2. The van der Waals surface area contributed by atoms with Crippen molar-refractivity contribution in [3.63, 3.8) is 0 Å². The minimum atomic E-state index is -0.132. The third-order valence-corrected chi connectivity index (χ3v) is 5.73. The number of hydrogen-bond donors (Lipinski definition) is 2. The van der Waals surface area contributed by atoms with Gasteiger partial charge in [0.1, 0.15) is 5.82 Å². The Balaban J connectivity index is 1.32. The SMILES string of the molecule is CN1CCN(c2ccc(NC(=O)c3ccc(NC4CCCC4)nc3)cc2)CC1. The molecule has 4 rings (SSSR count). The molecule has 2 fully saturated rings. The van der Waals surface area contributed by atoms with E-state index >= 15 is 0 Å². The summed E-state index contributed by atoms with van der Waals surface area (Å²) < 4.78 is 0. The summed E-state index contributed by atoms with van der Waals surface area (Å²) in [7, 11) is 2.15. The average molecular weight is 380 g/mol. The molecule has 2 N–H and O–H groups in total. The molecule has 1 amide bonds. The molecule has 0 atom stereocenters. The molecule has 148 valence electrons. The highest BCUT2D eigenvalue weighted by molar-refractivity contribution is 6.04. The van der Waals surface area contributed by atoms with E-state index in [4.69, 9.17) is 0 Å². The number of rotatable bonds is 5. The number of carbonyl (C=O) groups is 1. The Hall–Kier alpha value is -2.60. The summed E-state index contributed by atoms with van der Waals surface area (Å²) in [5, 5.41) is 6.41. The molecule has 0 radical (unpaired) electrons. The van der Waals surface area contributed by atoms with E-state index in [0.29, 0.717) is 11.6 Å². The molecule has 1 aliphatic carbocycles. The molecule has 0 unspecified atom stereocenters. The minimum Gasteiger partial charge on any atom is -0.369 e. The number of nitrogens with one attached hydrogen (secondary N) is 2. The molecule has 28 heavy (non-hydrogen) atoms. The number of aromatic nitrogens is 1. The van der Waals surface area contributed by atoms with Crippen LogP contribution in [0.15, 0.2) is 42.6 Å². The van der Waals surface area contributed by atoms with Gasteiger partial charge in [0.15, 0.2) is 0 Å². The Morgan fingerprint density at radius 2 is 1.71 bits per heavy atom. The normalized spacial score (nSPS) is 18.2. The number of carbonyl (C=O) groups excluding carboxylic acids is 1. The molecule has 1 aromatic heterocycles. The Morgan fingerprint density at radius 1 is 1.00 bits per heavy atom. The van der Waals surface area contributed by atoms with Crippen LogP contribution < -0.4 is 15.5 Å². The van der Waals surface area contributed by atoms with Crippen molar-refractivity contribution in [3.05, 3.63) is 48.2 Å². The van der Waals surface area contributed by atoms with Gasteiger partial charge in [-0.25, -0.2) is 4.98 Å². The quantitative estimate of drug-likeness (QED) is 0.833. The first kappa shape index (κ1) is 18.7. The Bertz CT molecular complexity index is 776. The molecule has 1 saturated heterocycles. The highest BCUT2D eigenvalue weighted by Gasteiger charge is 2.16. The summed E-state index contributed by atoms with van der Waals surface area (Å²) in [5.74, 6) is 0.715. The summed E-state index contributed by atoms with van der Waals surface area (Å²) in [6.07, 6.45) is 6.62. The summed E-state index contributed by atoms with van der Waals surface area (Å²) >= 11 is 0. The molecule has 6 nitrogen and oxygen atoms in total. The van der Waals surface area contributed by atoms with Crippen LogP contribution in [0.4, 0.5) is 17.2 Å². The maximum atomic E-state index is 12.5. The van der Waals surface area contributed by atoms with E-state index in [-0.39, 0.29) is 5.91 Å². The molecule has 2 aromatic rings. The molecule has 1 aliphatic heterocycles. The molecule has 1 saturated carbocycles. The van der Waals surface area contributed by atoms with Crippen LogP contribution >= 0.6 is 0 Å². The lowest BCUT2D eigenvalue weighted by Crippen LogP contribution is -2.44. The maximum Gasteiger partial charge on any atom is 0.257 e. The molecule has 2 aliphatic rings. The highest BCUT2D eigenvalue weighted by Crippen LogP contribution is 2.22. The first-order valence-corrected chi connectivity index (χ1v) is 10.2. The molecule has 0 bridgehead atoms. The summed E-state index contributed by atoms with van der Waals surface area (Å²) in [5.41, 5.74) is 2.58. The standard InChI is InChI=1S/C22H29N5O/c1-26-12-14-27(15-13-26)20-9-7-19(8-10-20)25-22(28)17-6-11-21(23-16-17)24-18-4-2-3-5-18/h6-11,16,18H,2-5,12-15H2,1H3,(H,23,24)(H,25,28). The zero-order valence-corrected chi connectivity index (χ0v) is 16.5. The van der Waals surface area contributed by atoms with Gasteiger partial charge in [0, 0.05) is 49.8 Å². The molecular weight excluding hydrogens is 350 g/mol. The van der Waals surface area contributed by atoms with Crippen LogP contribution in [-0.2, 0) is 0 Å². The second-order valence-corrected chi connectivity index (χ2v) is 7.85. The van der Waals surface area contributed by atoms with Gasteiger partial charge in [0.25, 0.3) is 5.91 Å². The van der Waals surface area contributed by atoms with Gasteiger partial charge in [0.05, 0.1) is 5.56 Å². The number of amides is 1. The average Bonchev–Trinajstić information content (AvgIpc) is 3.23. The first-order chi connectivity index (χ1) is 13.7. The molecular formula is C22H29N5O. The summed E-state index contributed by atoms with van der Waals surface area (Å²) in [4.78, 5) is 21.6. The number of benzene rings is 1. The monoisotopic (exact) mass is 379 g/mol. The molecule has 6 heteroatoms. The van der Waals surface area contributed by atoms with E-state index in [0.717, 1.165) is 37.7 Å². The highest BCUT2D eigenvalue weighted by atomic mass is 16.1. The van der Waals surface area contributed by atoms with Crippen molar-refractivity contribution in [2.75, 3.05) is 48.8 Å². The fourth-order valence-corrected chi connectivity index (χ4v) is 3.92. The Morgan fingerprint density at radius 3 is 2.36 bits per heavy atom. The van der Waals surface area contributed by atoms with E-state index in [1.807, 2.05) is 24.3 Å². The number of hydrogen-bond acceptors (Lipinski definition) is 5. The number of piperazine rings is 1. The van der Waals surface area contributed by atoms with Gasteiger partial charge in [-0.15, -0.1) is 0 Å². The van der Waals surface area contributed by atoms with Crippen molar-refractivity contribution in [3.8, 4) is 0 Å². The predicted molar refractivity (Wildman–Crippen MR) is 114 cm³/mol. The fraction of sp³-hybridized carbons (Fsp3) is 0.455. The van der Waals surface area contributed by atoms with Crippen LogP contribution in [0.5, 0.6) is 0 Å². The summed E-state index contributed by atoms with van der Waals surface area (Å²) in [6, 6.07) is 12.3. The lowest BCUT2D eigenvalue weighted by Gasteiger charge is -2.34. The fourth-order valence-electron chi connectivity index (χ4n) is 3.92. The second-order valence-electron chi connectivity index (χ2n) is 7.85. The number of nitrogens with zero attached hydrogens (tertiary/aromatic N) is 3. The number of anilines is 3. The molecule has 0 spiro atoms. The number of likely N-dealkylation sites (N-methyl/N-ethyl adjacent to an activating group) is 1. The van der Waals surface area contributed by atoms with E-state index in [9.17, 15) is 4.79 Å². The van der Waals surface area contributed by atoms with Crippen LogP contribution in [0.1, 0.15) is 36.0 Å². The summed E-state index contributed by atoms with van der Waals surface area (Å²) in [6.45, 7) is 4.23. The van der Waals surface area contributed by atoms with E-state index in [2.05, 4.69) is 44.6 Å². The van der Waals surface area contributed by atoms with Crippen molar-refractivity contribution in [1.82, 2.24) is 9.88 Å². The third kappa shape index (κ3) is 4.62. The van der Waals surface area contributed by atoms with E-state index < -0.39 is 0 Å². The van der Waals surface area contributed by atoms with Gasteiger partial charge >= 0.3 is 0 Å². The minimum absolute atomic E-state index is 0.132. The van der Waals surface area contributed by atoms with Gasteiger partial charge < -0.3 is 20.4 Å². The van der Waals surface area contributed by atoms with E-state index in [1.54, 1.807) is 6.20 Å². The lowest BCUT2D eigenvalue weighted by molar-refractivity contribution is 0.102. The smallest absolute Gasteiger partial charge is 0.257 e. The molecule has 2 heterocycles. The maximum absolute atomic E-state index is 12.5. The predicted octanol–water partition coefficient (Wildman–Crippen LogP) is 3.44. The van der Waals surface area contributed by atoms with Gasteiger partial charge in [0.2, 0.25) is 0 Å². The van der Waals surface area contributed by atoms with Crippen LogP contribution in [0.3, 0.4) is 0 Å². The van der Waals surface area contributed by atoms with E-state index in [1.165, 1.54) is 31.4 Å². The molecule has 1 aromatic carbocycles. The number of pyridine rings is 1. The van der Waals surface area contributed by atoms with Crippen LogP contribution in [0.2, 0.25) is 0 Å². The van der Waals surface area contributed by atoms with Crippen molar-refractivity contribution < 1.29 is 4.79 Å². The largest absolute Gasteiger partial charge is 0.369 e. The van der Waals surface area contributed by atoms with Crippen LogP contribution in [0.25, 0.3) is 0 Å². The van der Waals surface area contributed by atoms with Crippen molar-refractivity contribution in [2.45, 2.75) is 31.7 Å². The Kier molecular flexibility index (Phi) is 5.76.